The minimum atomic E-state index is -1.77. The molecule has 1 atom stereocenters. The van der Waals surface area contributed by atoms with Gasteiger partial charge in [-0.05, 0) is 48.2 Å². The topological polar surface area (TPSA) is 113 Å². The number of aryl methyl sites for hydroxylation is 1. The highest BCUT2D eigenvalue weighted by Gasteiger charge is 2.31. The second-order valence-corrected chi connectivity index (χ2v) is 8.77. The van der Waals surface area contributed by atoms with E-state index in [1.807, 2.05) is 0 Å². The van der Waals surface area contributed by atoms with Crippen molar-refractivity contribution in [3.8, 4) is 11.4 Å². The zero-order chi connectivity index (χ0) is 24.3. The summed E-state index contributed by atoms with van der Waals surface area (Å²) in [5.41, 5.74) is -0.717. The summed E-state index contributed by atoms with van der Waals surface area (Å²) in [5.74, 6) is -2.30. The molecule has 2 heterocycles. The van der Waals surface area contributed by atoms with Crippen LogP contribution in [0.1, 0.15) is 23.6 Å². The third-order valence-electron chi connectivity index (χ3n) is 5.87. The van der Waals surface area contributed by atoms with Crippen LogP contribution < -0.4 is 20.9 Å². The minimum absolute atomic E-state index is 0.126. The van der Waals surface area contributed by atoms with Crippen molar-refractivity contribution in [1.29, 1.82) is 0 Å². The van der Waals surface area contributed by atoms with Gasteiger partial charge in [0.05, 0.1) is 28.1 Å². The van der Waals surface area contributed by atoms with E-state index in [0.717, 1.165) is 38.8 Å². The summed E-state index contributed by atoms with van der Waals surface area (Å²) >= 11 is 0.950. The van der Waals surface area contributed by atoms with Crippen LogP contribution in [0.5, 0.6) is 5.75 Å². The third-order valence-corrected chi connectivity index (χ3v) is 6.87. The summed E-state index contributed by atoms with van der Waals surface area (Å²) in [4.78, 5) is 49.5. The van der Waals surface area contributed by atoms with E-state index in [1.165, 1.54) is 10.6 Å². The fourth-order valence-electron chi connectivity index (χ4n) is 4.33. The molecule has 0 fully saturated rings. The molecule has 0 radical (unpaired) electrons. The summed E-state index contributed by atoms with van der Waals surface area (Å²) in [5, 5.41) is 9.09. The first-order valence-electron chi connectivity index (χ1n) is 10.0. The highest BCUT2D eigenvalue weighted by atomic mass is 32.1. The van der Waals surface area contributed by atoms with Gasteiger partial charge in [0.25, 0.3) is 5.56 Å². The molecule has 0 spiro atoms. The Kier molecular flexibility index (Phi) is 4.97. The fourth-order valence-corrected chi connectivity index (χ4v) is 5.25. The predicted octanol–water partition coefficient (Wildman–Crippen LogP) is 2.78. The zero-order valence-electron chi connectivity index (χ0n) is 17.4. The molecule has 1 unspecified atom stereocenters. The number of carboxylic acid groups (broad SMARTS) is 1. The van der Waals surface area contributed by atoms with Gasteiger partial charge < -0.3 is 14.4 Å². The van der Waals surface area contributed by atoms with Crippen LogP contribution in [-0.4, -0.2) is 25.0 Å². The third kappa shape index (κ3) is 3.34. The van der Waals surface area contributed by atoms with Gasteiger partial charge in [-0.1, -0.05) is 11.3 Å². The Morgan fingerprint density at radius 2 is 1.94 bits per heavy atom. The zero-order valence-corrected chi connectivity index (χ0v) is 18.3. The van der Waals surface area contributed by atoms with E-state index in [2.05, 4.69) is 4.74 Å². The number of hydrogen-bond donors (Lipinski definition) is 1. The van der Waals surface area contributed by atoms with Gasteiger partial charge in [0, 0.05) is 13.1 Å². The van der Waals surface area contributed by atoms with Crippen LogP contribution in [-0.2, 0) is 13.5 Å². The molecule has 9 nitrogen and oxygen atoms in total. The summed E-state index contributed by atoms with van der Waals surface area (Å²) in [7, 11) is 1.60. The molecule has 174 valence electrons. The van der Waals surface area contributed by atoms with Crippen molar-refractivity contribution in [3.05, 3.63) is 89.8 Å². The Labute approximate surface area is 192 Å². The normalized spacial score (nSPS) is 15.0. The van der Waals surface area contributed by atoms with E-state index in [-0.39, 0.29) is 34.5 Å². The van der Waals surface area contributed by atoms with E-state index in [1.54, 1.807) is 19.2 Å². The lowest BCUT2D eigenvalue weighted by atomic mass is 10.1. The van der Waals surface area contributed by atoms with Crippen molar-refractivity contribution in [2.24, 2.45) is 7.05 Å². The molecule has 5 rings (SSSR count). The maximum absolute atomic E-state index is 14.3. The number of hydrogen-bond acceptors (Lipinski definition) is 6. The lowest BCUT2D eigenvalue weighted by Crippen LogP contribution is -2.42. The summed E-state index contributed by atoms with van der Waals surface area (Å²) in [6.45, 7) is 0. The number of carbonyl (C=O) groups is 1. The predicted molar refractivity (Wildman–Crippen MR) is 118 cm³/mol. The number of aromatic nitrogens is 3. The maximum Gasteiger partial charge on any atom is 0.511 e. The molecule has 0 saturated heterocycles. The number of fused-ring (bicyclic) bond motifs is 2. The second-order valence-electron chi connectivity index (χ2n) is 7.78. The molecular weight excluding hydrogens is 472 g/mol. The SMILES string of the molecule is Cn1c(=O)sc2cc(-n3cc(OC(=O)O)c(=O)n(C4CCc5c(F)cc(F)cc54)c3=O)ccc21. The molecule has 1 aliphatic carbocycles. The number of thiazole rings is 1. The second kappa shape index (κ2) is 7.76. The molecule has 12 heteroatoms. The molecule has 2 aromatic carbocycles. The largest absolute Gasteiger partial charge is 0.511 e. The Morgan fingerprint density at radius 3 is 2.68 bits per heavy atom. The first kappa shape index (κ1) is 21.8. The minimum Gasteiger partial charge on any atom is -0.449 e. The highest BCUT2D eigenvalue weighted by Crippen LogP contribution is 2.35. The molecular formula is C22H15F2N3O6S. The number of nitrogens with zero attached hydrogens (tertiary/aromatic N) is 3. The summed E-state index contributed by atoms with van der Waals surface area (Å²) in [6, 6.07) is 5.44. The van der Waals surface area contributed by atoms with Gasteiger partial charge in [0.2, 0.25) is 5.75 Å². The quantitative estimate of drug-likeness (QED) is 0.445. The first-order chi connectivity index (χ1) is 16.2. The molecule has 0 amide bonds. The number of halogens is 2. The van der Waals surface area contributed by atoms with E-state index in [0.29, 0.717) is 10.2 Å². The Morgan fingerprint density at radius 1 is 1.18 bits per heavy atom. The lowest BCUT2D eigenvalue weighted by Gasteiger charge is -2.18. The van der Waals surface area contributed by atoms with Gasteiger partial charge in [-0.2, -0.15) is 0 Å². The van der Waals surface area contributed by atoms with E-state index < -0.39 is 40.8 Å². The standard InChI is InChI=1S/C22H15F2N3O6S/c1-25-16-4-2-11(8-18(16)34-21(25)30)26-9-17(33-22(31)32)19(28)27(20(26)29)15-5-3-12-13(15)6-10(23)7-14(12)24/h2,4,6-9,15H,3,5H2,1H3,(H,31,32). The van der Waals surface area contributed by atoms with Gasteiger partial charge in [-0.3, -0.25) is 14.2 Å². The van der Waals surface area contributed by atoms with Gasteiger partial charge in [0.1, 0.15) is 11.6 Å². The van der Waals surface area contributed by atoms with Crippen molar-refractivity contribution < 1.29 is 23.4 Å². The van der Waals surface area contributed by atoms with Gasteiger partial charge in [-0.25, -0.2) is 22.9 Å². The molecule has 0 aliphatic heterocycles. The van der Waals surface area contributed by atoms with Gasteiger partial charge in [0.15, 0.2) is 0 Å². The van der Waals surface area contributed by atoms with Crippen LogP contribution in [0.3, 0.4) is 0 Å². The molecule has 2 aromatic heterocycles. The number of benzene rings is 2. The van der Waals surface area contributed by atoms with E-state index in [9.17, 15) is 28.0 Å². The smallest absolute Gasteiger partial charge is 0.449 e. The maximum atomic E-state index is 14.3. The van der Waals surface area contributed by atoms with Crippen molar-refractivity contribution >= 4 is 27.7 Å². The summed E-state index contributed by atoms with van der Waals surface area (Å²) in [6.07, 6.45) is -0.536. The monoisotopic (exact) mass is 487 g/mol. The van der Waals surface area contributed by atoms with E-state index in [4.69, 9.17) is 5.11 Å². The Hall–Kier alpha value is -4.06. The lowest BCUT2D eigenvalue weighted by molar-refractivity contribution is 0.143. The molecule has 1 aliphatic rings. The molecule has 4 aromatic rings. The van der Waals surface area contributed by atoms with Crippen LogP contribution in [0.15, 0.2) is 50.9 Å². The van der Waals surface area contributed by atoms with E-state index >= 15 is 0 Å². The van der Waals surface area contributed by atoms with Crippen molar-refractivity contribution in [1.82, 2.24) is 13.7 Å². The molecule has 1 N–H and O–H groups in total. The number of ether oxygens (including phenoxy) is 1. The Bertz CT molecular complexity index is 1680. The van der Waals surface area contributed by atoms with Crippen LogP contribution in [0.25, 0.3) is 15.9 Å². The van der Waals surface area contributed by atoms with Gasteiger partial charge in [-0.15, -0.1) is 0 Å². The highest BCUT2D eigenvalue weighted by molar-refractivity contribution is 7.16. The average molecular weight is 487 g/mol. The van der Waals surface area contributed by atoms with Gasteiger partial charge >= 0.3 is 16.7 Å². The van der Waals surface area contributed by atoms with Crippen molar-refractivity contribution in [3.63, 3.8) is 0 Å². The fraction of sp³-hybridized carbons (Fsp3) is 0.182. The van der Waals surface area contributed by atoms with Crippen LogP contribution in [0.2, 0.25) is 0 Å². The van der Waals surface area contributed by atoms with Crippen molar-refractivity contribution in [2.45, 2.75) is 18.9 Å². The summed E-state index contributed by atoms with van der Waals surface area (Å²) < 4.78 is 36.6. The van der Waals surface area contributed by atoms with Crippen LogP contribution >= 0.6 is 11.3 Å². The first-order valence-corrected chi connectivity index (χ1v) is 10.8. The van der Waals surface area contributed by atoms with Crippen LogP contribution in [0.4, 0.5) is 13.6 Å². The molecule has 0 bridgehead atoms. The number of rotatable bonds is 3. The average Bonchev–Trinajstić information content (AvgIpc) is 3.30. The Balaban J connectivity index is 1.77. The molecule has 34 heavy (non-hydrogen) atoms. The van der Waals surface area contributed by atoms with Crippen molar-refractivity contribution in [2.75, 3.05) is 0 Å². The molecule has 0 saturated carbocycles. The van der Waals surface area contributed by atoms with Crippen LogP contribution in [0, 0.1) is 11.6 Å².